The molecule has 228 valence electrons. The van der Waals surface area contributed by atoms with E-state index < -0.39 is 5.41 Å². The summed E-state index contributed by atoms with van der Waals surface area (Å²) in [6.07, 6.45) is 12.1. The highest BCUT2D eigenvalue weighted by Gasteiger charge is 2.69. The van der Waals surface area contributed by atoms with E-state index in [4.69, 9.17) is 11.5 Å². The van der Waals surface area contributed by atoms with Gasteiger partial charge < -0.3 is 11.5 Å². The molecule has 2 aromatic heterocycles. The Morgan fingerprint density at radius 2 is 1.74 bits per heavy atom. The number of carbonyl (C=O) groups is 1. The zero-order valence-electron chi connectivity index (χ0n) is 26.5. The fraction of sp³-hybridized carbons (Fsp3) is 0.758. The van der Waals surface area contributed by atoms with Crippen molar-refractivity contribution in [3.63, 3.8) is 0 Å². The first-order valence-electron chi connectivity index (χ1n) is 16.0. The van der Waals surface area contributed by atoms with Gasteiger partial charge in [-0.2, -0.15) is 5.10 Å². The van der Waals surface area contributed by atoms with Crippen molar-refractivity contribution in [3.8, 4) is 0 Å². The van der Waals surface area contributed by atoms with Crippen LogP contribution in [0.3, 0.4) is 0 Å². The predicted octanol–water partition coefficient (Wildman–Crippen LogP) is 6.88. The molecule has 42 heavy (non-hydrogen) atoms. The molecule has 0 aromatic carbocycles. The van der Waals surface area contributed by atoms with E-state index in [1.807, 2.05) is 0 Å². The lowest BCUT2D eigenvalue weighted by Gasteiger charge is -2.70. The Morgan fingerprint density at radius 3 is 2.45 bits per heavy atom. The number of aromatic amines is 1. The Kier molecular flexibility index (Phi) is 5.81. The smallest absolute Gasteiger partial charge is 0.233 e. The number of carbonyl (C=O) groups excluding carboxylic acids is 1. The molecule has 0 spiro atoms. The summed E-state index contributed by atoms with van der Waals surface area (Å²) in [6.45, 7) is 17.3. The van der Waals surface area contributed by atoms with Gasteiger partial charge in [-0.15, -0.1) is 10.2 Å². The van der Waals surface area contributed by atoms with Crippen molar-refractivity contribution in [1.82, 2.24) is 20.4 Å². The molecule has 8 nitrogen and oxygen atoms in total. The number of rotatable bonds is 2. The molecule has 3 unspecified atom stereocenters. The molecule has 0 saturated heterocycles. The largest absolute Gasteiger partial charge is 0.382 e. The first-order valence-corrected chi connectivity index (χ1v) is 16.8. The Labute approximate surface area is 254 Å². The van der Waals surface area contributed by atoms with Crippen LogP contribution in [0.25, 0.3) is 0 Å². The van der Waals surface area contributed by atoms with Crippen LogP contribution in [0.5, 0.6) is 0 Å². The highest BCUT2D eigenvalue weighted by molar-refractivity contribution is 7.18. The monoisotopic (exact) mass is 591 g/mol. The second-order valence-electron chi connectivity index (χ2n) is 16.6. The van der Waals surface area contributed by atoms with Gasteiger partial charge in [0.05, 0.1) is 5.41 Å². The van der Waals surface area contributed by atoms with E-state index in [0.29, 0.717) is 27.9 Å². The minimum absolute atomic E-state index is 0.000456. The van der Waals surface area contributed by atoms with E-state index >= 15 is 0 Å². The van der Waals surface area contributed by atoms with Crippen LogP contribution in [0.2, 0.25) is 0 Å². The van der Waals surface area contributed by atoms with Crippen molar-refractivity contribution in [1.29, 1.82) is 0 Å². The number of anilines is 3. The molecular formula is C33H49N7OS. The molecule has 7 rings (SSSR count). The number of H-pyrrole nitrogens is 1. The van der Waals surface area contributed by atoms with Crippen LogP contribution in [0.4, 0.5) is 16.1 Å². The second-order valence-corrected chi connectivity index (χ2v) is 17.6. The Hall–Kier alpha value is -2.42. The summed E-state index contributed by atoms with van der Waals surface area (Å²) in [5, 5.41) is 20.0. The highest BCUT2D eigenvalue weighted by atomic mass is 32.1. The summed E-state index contributed by atoms with van der Waals surface area (Å²) < 4.78 is 0. The average Bonchev–Trinajstić information content (AvgIpc) is 3.48. The van der Waals surface area contributed by atoms with Gasteiger partial charge in [0.15, 0.2) is 0 Å². The fourth-order valence-corrected chi connectivity index (χ4v) is 12.1. The molecular weight excluding hydrogens is 542 g/mol. The van der Waals surface area contributed by atoms with Crippen molar-refractivity contribution < 1.29 is 4.79 Å². The van der Waals surface area contributed by atoms with Gasteiger partial charge in [-0.3, -0.25) is 15.2 Å². The summed E-state index contributed by atoms with van der Waals surface area (Å²) in [5.74, 6) is 2.13. The molecule has 5 aliphatic rings. The Balaban J connectivity index is 1.30. The number of allylic oxidation sites excluding steroid dienone is 2. The molecule has 3 saturated carbocycles. The van der Waals surface area contributed by atoms with Gasteiger partial charge in [0.2, 0.25) is 16.2 Å². The van der Waals surface area contributed by atoms with E-state index in [1.165, 1.54) is 35.4 Å². The van der Waals surface area contributed by atoms with Crippen molar-refractivity contribution in [2.75, 3.05) is 16.8 Å². The number of nitrogens with one attached hydrogen (secondary N) is 2. The molecule has 5 aliphatic carbocycles. The third-order valence-corrected chi connectivity index (χ3v) is 14.7. The normalized spacial score (nSPS) is 41.3. The number of nitrogens with zero attached hydrogens (tertiary/aromatic N) is 3. The van der Waals surface area contributed by atoms with Gasteiger partial charge in [0.25, 0.3) is 0 Å². The number of hydrogen-bond acceptors (Lipinski definition) is 7. The number of amides is 1. The van der Waals surface area contributed by atoms with Crippen molar-refractivity contribution >= 4 is 33.3 Å². The summed E-state index contributed by atoms with van der Waals surface area (Å²) in [5.41, 5.74) is 16.5. The first-order chi connectivity index (χ1) is 19.6. The molecule has 7 atom stereocenters. The average molecular weight is 592 g/mol. The molecule has 3 fully saturated rings. The highest BCUT2D eigenvalue weighted by Crippen LogP contribution is 2.75. The SMILES string of the molecule is CC1(C)CC[C@]2(C(=O)Nc3nnc(N)s3)CC[C@]3(C)C(=CCC4[C@@]5(C)Cc6c(N)n[nH]c6C(C)(C)C5CC[C@]43C)C2C1. The minimum Gasteiger partial charge on any atom is -0.382 e. The van der Waals surface area contributed by atoms with Crippen LogP contribution >= 0.6 is 11.3 Å². The number of hydrogen-bond donors (Lipinski definition) is 4. The maximum Gasteiger partial charge on any atom is 0.233 e. The quantitative estimate of drug-likeness (QED) is 0.281. The molecule has 1 amide bonds. The minimum atomic E-state index is -0.418. The third-order valence-electron chi connectivity index (χ3n) is 14.0. The fourth-order valence-electron chi connectivity index (χ4n) is 11.6. The Morgan fingerprint density at radius 1 is 1.00 bits per heavy atom. The number of nitrogens with two attached hydrogens (primary N) is 2. The summed E-state index contributed by atoms with van der Waals surface area (Å²) in [4.78, 5) is 14.3. The van der Waals surface area contributed by atoms with Gasteiger partial charge in [-0.25, -0.2) is 0 Å². The van der Waals surface area contributed by atoms with E-state index in [1.54, 1.807) is 5.57 Å². The molecule has 2 aromatic rings. The molecule has 6 N–H and O–H groups in total. The van der Waals surface area contributed by atoms with Gasteiger partial charge in [0.1, 0.15) is 5.82 Å². The maximum atomic E-state index is 14.3. The molecule has 0 bridgehead atoms. The predicted molar refractivity (Wildman–Crippen MR) is 169 cm³/mol. The number of fused-ring (bicyclic) bond motifs is 8. The van der Waals surface area contributed by atoms with Crippen molar-refractivity contribution in [2.45, 2.75) is 112 Å². The topological polar surface area (TPSA) is 136 Å². The van der Waals surface area contributed by atoms with E-state index in [2.05, 4.69) is 80.3 Å². The van der Waals surface area contributed by atoms with E-state index in [-0.39, 0.29) is 38.9 Å². The van der Waals surface area contributed by atoms with Crippen LogP contribution in [0.1, 0.15) is 111 Å². The van der Waals surface area contributed by atoms with Crippen LogP contribution < -0.4 is 16.8 Å². The van der Waals surface area contributed by atoms with Gasteiger partial charge in [0, 0.05) is 16.7 Å². The van der Waals surface area contributed by atoms with Crippen LogP contribution in [-0.2, 0) is 16.6 Å². The van der Waals surface area contributed by atoms with Gasteiger partial charge in [-0.1, -0.05) is 71.5 Å². The van der Waals surface area contributed by atoms with E-state index in [0.717, 1.165) is 44.9 Å². The lowest BCUT2D eigenvalue weighted by Crippen LogP contribution is -2.65. The number of nitrogen functional groups attached to an aromatic ring is 2. The van der Waals surface area contributed by atoms with Crippen molar-refractivity contribution in [3.05, 3.63) is 22.9 Å². The van der Waals surface area contributed by atoms with Gasteiger partial charge >= 0.3 is 0 Å². The second kappa shape index (κ2) is 8.60. The Bertz CT molecular complexity index is 1490. The summed E-state index contributed by atoms with van der Waals surface area (Å²) in [6, 6.07) is 0. The lowest BCUT2D eigenvalue weighted by atomic mass is 9.33. The standard InChI is InChI=1S/C33H49N7OS/c1-28(2)12-14-33(25(41)36-27-40-39-26(35)42-27)15-13-31(6)19(20(33)17-28)8-9-22-30(5)16-18-23(37-38-24(18)34)29(3,4)21(30)10-11-32(22,31)7/h8,20-22H,9-17H2,1-7H3,(H2,35,39)(H3,34,37,38)(H,36,40,41)/t20?,21?,22?,30-,31+,32+,33-/m0/s1. The molecule has 0 aliphatic heterocycles. The van der Waals surface area contributed by atoms with E-state index in [9.17, 15) is 4.79 Å². The first kappa shape index (κ1) is 28.4. The zero-order chi connectivity index (χ0) is 30.1. The molecule has 9 heteroatoms. The number of aromatic nitrogens is 4. The zero-order valence-corrected chi connectivity index (χ0v) is 27.3. The summed E-state index contributed by atoms with van der Waals surface area (Å²) >= 11 is 1.25. The molecule has 2 heterocycles. The lowest BCUT2D eigenvalue weighted by molar-refractivity contribution is -0.165. The van der Waals surface area contributed by atoms with Crippen LogP contribution in [-0.4, -0.2) is 26.3 Å². The summed E-state index contributed by atoms with van der Waals surface area (Å²) in [7, 11) is 0. The van der Waals surface area contributed by atoms with Crippen LogP contribution in [0.15, 0.2) is 11.6 Å². The van der Waals surface area contributed by atoms with Crippen LogP contribution in [0, 0.1) is 44.8 Å². The third kappa shape index (κ3) is 3.52. The molecule has 0 radical (unpaired) electrons. The van der Waals surface area contributed by atoms with Crippen molar-refractivity contribution in [2.24, 2.45) is 44.8 Å². The van der Waals surface area contributed by atoms with Gasteiger partial charge in [-0.05, 0) is 97.2 Å². The maximum absolute atomic E-state index is 14.3.